The molecule has 0 spiro atoms. The molecule has 0 unspecified atom stereocenters. The molecule has 1 N–H and O–H groups in total. The highest BCUT2D eigenvalue weighted by Crippen LogP contribution is 2.35. The zero-order valence-corrected chi connectivity index (χ0v) is 13.9. The minimum absolute atomic E-state index is 0.0230. The molecule has 0 amide bonds. The lowest BCUT2D eigenvalue weighted by molar-refractivity contribution is -0.139. The van der Waals surface area contributed by atoms with Crippen LogP contribution in [0.1, 0.15) is 16.7 Å². The van der Waals surface area contributed by atoms with Gasteiger partial charge in [-0.25, -0.2) is 4.98 Å². The van der Waals surface area contributed by atoms with Crippen LogP contribution in [0.5, 0.6) is 5.88 Å². The third kappa shape index (κ3) is 4.50. The summed E-state index contributed by atoms with van der Waals surface area (Å²) in [4.78, 5) is 7.68. The predicted octanol–water partition coefficient (Wildman–Crippen LogP) is 5.13. The smallest absolute Gasteiger partial charge is 0.423 e. The Labute approximate surface area is 148 Å². The molecule has 4 nitrogen and oxygen atoms in total. The van der Waals surface area contributed by atoms with Crippen LogP contribution in [0.25, 0.3) is 0 Å². The number of hydrogen-bond donors (Lipinski definition) is 1. The summed E-state index contributed by atoms with van der Waals surface area (Å²) in [6.45, 7) is 1.89. The molecule has 0 saturated heterocycles. The van der Waals surface area contributed by atoms with E-state index in [1.54, 1.807) is 30.3 Å². The van der Waals surface area contributed by atoms with Gasteiger partial charge in [0.15, 0.2) is 0 Å². The maximum atomic E-state index is 13.2. The topological polar surface area (TPSA) is 47.0 Å². The second-order valence-electron chi connectivity index (χ2n) is 5.68. The number of aryl methyl sites for hydroxylation is 1. The average molecular weight is 359 g/mol. The van der Waals surface area contributed by atoms with Gasteiger partial charge >= 0.3 is 6.18 Å². The van der Waals surface area contributed by atoms with Crippen LogP contribution in [0.4, 0.5) is 24.8 Å². The van der Waals surface area contributed by atoms with Crippen LogP contribution in [-0.2, 0) is 12.8 Å². The van der Waals surface area contributed by atoms with Crippen molar-refractivity contribution in [3.8, 4) is 5.88 Å². The van der Waals surface area contributed by atoms with Crippen molar-refractivity contribution in [2.75, 3.05) is 5.32 Å². The van der Waals surface area contributed by atoms with Gasteiger partial charge in [0.2, 0.25) is 11.8 Å². The number of alkyl halides is 3. The maximum absolute atomic E-state index is 13.2. The second kappa shape index (κ2) is 7.43. The predicted molar refractivity (Wildman–Crippen MR) is 92.3 cm³/mol. The lowest BCUT2D eigenvalue weighted by Gasteiger charge is -2.14. The number of rotatable bonds is 5. The number of halogens is 3. The van der Waals surface area contributed by atoms with E-state index in [-0.39, 0.29) is 12.6 Å². The standard InChI is InChI=1S/C19H16F3N3O/c1-13-6-5-9-15(10-13)24-18-23-11-16(19(20,21)22)17(25-18)26-12-14-7-3-2-4-8-14/h2-11H,12H2,1H3,(H,23,24,25). The summed E-state index contributed by atoms with van der Waals surface area (Å²) in [7, 11) is 0. The Hall–Kier alpha value is -3.09. The Kier molecular flexibility index (Phi) is 5.06. The van der Waals surface area contributed by atoms with Crippen molar-refractivity contribution < 1.29 is 17.9 Å². The average Bonchev–Trinajstić information content (AvgIpc) is 2.60. The molecule has 26 heavy (non-hydrogen) atoms. The quantitative estimate of drug-likeness (QED) is 0.686. The van der Waals surface area contributed by atoms with Crippen LogP contribution >= 0.6 is 0 Å². The molecule has 0 aliphatic carbocycles. The minimum Gasteiger partial charge on any atom is -0.472 e. The maximum Gasteiger partial charge on any atom is 0.423 e. The first-order valence-corrected chi connectivity index (χ1v) is 7.86. The van der Waals surface area contributed by atoms with Gasteiger partial charge in [-0.1, -0.05) is 42.5 Å². The number of benzene rings is 2. The molecule has 0 aliphatic rings. The van der Waals surface area contributed by atoms with E-state index < -0.39 is 17.6 Å². The molecule has 7 heteroatoms. The van der Waals surface area contributed by atoms with Gasteiger partial charge in [0, 0.05) is 11.9 Å². The fourth-order valence-corrected chi connectivity index (χ4v) is 2.31. The zero-order valence-electron chi connectivity index (χ0n) is 13.9. The molecule has 3 rings (SSSR count). The van der Waals surface area contributed by atoms with Crippen molar-refractivity contribution in [3.05, 3.63) is 77.5 Å². The first-order chi connectivity index (χ1) is 12.4. The highest BCUT2D eigenvalue weighted by Gasteiger charge is 2.36. The lowest BCUT2D eigenvalue weighted by Crippen LogP contribution is -2.12. The van der Waals surface area contributed by atoms with Crippen molar-refractivity contribution in [2.45, 2.75) is 19.7 Å². The van der Waals surface area contributed by atoms with Crippen molar-refractivity contribution >= 4 is 11.6 Å². The van der Waals surface area contributed by atoms with Gasteiger partial charge in [-0.2, -0.15) is 18.2 Å². The van der Waals surface area contributed by atoms with E-state index in [9.17, 15) is 13.2 Å². The zero-order chi connectivity index (χ0) is 18.6. The molecule has 0 bridgehead atoms. The van der Waals surface area contributed by atoms with Crippen LogP contribution < -0.4 is 10.1 Å². The minimum atomic E-state index is -4.60. The van der Waals surface area contributed by atoms with E-state index >= 15 is 0 Å². The van der Waals surface area contributed by atoms with Crippen molar-refractivity contribution in [1.29, 1.82) is 0 Å². The Morgan fingerprint density at radius 3 is 2.50 bits per heavy atom. The monoisotopic (exact) mass is 359 g/mol. The normalized spacial score (nSPS) is 11.2. The Morgan fingerprint density at radius 1 is 1.04 bits per heavy atom. The Morgan fingerprint density at radius 2 is 1.81 bits per heavy atom. The summed E-state index contributed by atoms with van der Waals surface area (Å²) in [5.41, 5.74) is 1.41. The summed E-state index contributed by atoms with van der Waals surface area (Å²) < 4.78 is 45.0. The molecule has 0 saturated carbocycles. The van der Waals surface area contributed by atoms with Gasteiger partial charge in [-0.3, -0.25) is 0 Å². The summed E-state index contributed by atoms with van der Waals surface area (Å²) in [6, 6.07) is 16.3. The summed E-state index contributed by atoms with van der Waals surface area (Å²) in [6.07, 6.45) is -3.88. The van der Waals surface area contributed by atoms with E-state index in [0.29, 0.717) is 5.69 Å². The molecule has 0 radical (unpaired) electrons. The third-order valence-electron chi connectivity index (χ3n) is 3.55. The third-order valence-corrected chi connectivity index (χ3v) is 3.55. The van der Waals surface area contributed by atoms with E-state index in [1.807, 2.05) is 31.2 Å². The van der Waals surface area contributed by atoms with Gasteiger partial charge in [0.05, 0.1) is 0 Å². The summed E-state index contributed by atoms with van der Waals surface area (Å²) >= 11 is 0. The molecule has 0 fully saturated rings. The van der Waals surface area contributed by atoms with Crippen LogP contribution in [-0.4, -0.2) is 9.97 Å². The number of nitrogens with one attached hydrogen (secondary N) is 1. The van der Waals surface area contributed by atoms with Gasteiger partial charge < -0.3 is 10.1 Å². The Balaban J connectivity index is 1.86. The molecule has 0 atom stereocenters. The number of aromatic nitrogens is 2. The van der Waals surface area contributed by atoms with Gasteiger partial charge in [-0.15, -0.1) is 0 Å². The largest absolute Gasteiger partial charge is 0.472 e. The molecular formula is C19H16F3N3O. The molecule has 3 aromatic rings. The summed E-state index contributed by atoms with van der Waals surface area (Å²) in [5.74, 6) is -0.474. The number of hydrogen-bond acceptors (Lipinski definition) is 4. The van der Waals surface area contributed by atoms with E-state index in [2.05, 4.69) is 15.3 Å². The fourth-order valence-electron chi connectivity index (χ4n) is 2.31. The van der Waals surface area contributed by atoms with E-state index in [1.165, 1.54) is 0 Å². The first kappa shape index (κ1) is 17.7. The highest BCUT2D eigenvalue weighted by molar-refractivity contribution is 5.54. The van der Waals surface area contributed by atoms with Crippen molar-refractivity contribution in [3.63, 3.8) is 0 Å². The fraction of sp³-hybridized carbons (Fsp3) is 0.158. The number of nitrogens with zero attached hydrogens (tertiary/aromatic N) is 2. The SMILES string of the molecule is Cc1cccc(Nc2ncc(C(F)(F)F)c(OCc3ccccc3)n2)c1. The van der Waals surface area contributed by atoms with Crippen LogP contribution in [0.3, 0.4) is 0 Å². The first-order valence-electron chi connectivity index (χ1n) is 7.86. The van der Waals surface area contributed by atoms with Gasteiger partial charge in [0.1, 0.15) is 12.2 Å². The van der Waals surface area contributed by atoms with Gasteiger partial charge in [0.25, 0.3) is 0 Å². The molecular weight excluding hydrogens is 343 g/mol. The highest BCUT2D eigenvalue weighted by atomic mass is 19.4. The molecule has 134 valence electrons. The molecule has 0 aliphatic heterocycles. The van der Waals surface area contributed by atoms with Crippen LogP contribution in [0.15, 0.2) is 60.8 Å². The van der Waals surface area contributed by atoms with Gasteiger partial charge in [-0.05, 0) is 30.2 Å². The molecule has 2 aromatic carbocycles. The number of ether oxygens (including phenoxy) is 1. The van der Waals surface area contributed by atoms with Crippen LogP contribution in [0.2, 0.25) is 0 Å². The Bertz CT molecular complexity index is 883. The molecule has 1 aromatic heterocycles. The van der Waals surface area contributed by atoms with E-state index in [4.69, 9.17) is 4.74 Å². The lowest BCUT2D eigenvalue weighted by atomic mass is 10.2. The van der Waals surface area contributed by atoms with Crippen molar-refractivity contribution in [1.82, 2.24) is 9.97 Å². The molecule has 1 heterocycles. The second-order valence-corrected chi connectivity index (χ2v) is 5.68. The van der Waals surface area contributed by atoms with Crippen molar-refractivity contribution in [2.24, 2.45) is 0 Å². The summed E-state index contributed by atoms with van der Waals surface area (Å²) in [5, 5.41) is 2.89. The van der Waals surface area contributed by atoms with Crippen LogP contribution in [0, 0.1) is 6.92 Å². The number of anilines is 2. The van der Waals surface area contributed by atoms with E-state index in [0.717, 1.165) is 17.3 Å².